The summed E-state index contributed by atoms with van der Waals surface area (Å²) in [6.45, 7) is -0.350. The second-order valence-corrected chi connectivity index (χ2v) is 0.954. The quantitative estimate of drug-likeness (QED) is 0.461. The maximum absolute atomic E-state index is 11.5. The fourth-order valence-corrected chi connectivity index (χ4v) is 0.246. The van der Waals surface area contributed by atoms with Gasteiger partial charge < -0.3 is 9.47 Å². The number of hydrogen-bond donors (Lipinski definition) is 0. The van der Waals surface area contributed by atoms with Crippen molar-refractivity contribution in [2.45, 2.75) is 0 Å². The lowest BCUT2D eigenvalue weighted by Gasteiger charge is -1.83. The highest BCUT2D eigenvalue weighted by molar-refractivity contribution is 4.85. The molecule has 0 aromatic carbocycles. The van der Waals surface area contributed by atoms with Gasteiger partial charge in [-0.05, 0) is 0 Å². The van der Waals surface area contributed by atoms with Gasteiger partial charge in [-0.25, -0.2) is 0 Å². The first kappa shape index (κ1) is 4.36. The molecule has 0 amide bonds. The van der Waals surface area contributed by atoms with E-state index >= 15 is 0 Å². The molecule has 40 valence electrons. The summed E-state index contributed by atoms with van der Waals surface area (Å²) in [6, 6.07) is -2.53. The molecule has 0 aliphatic carbocycles. The van der Waals surface area contributed by atoms with Gasteiger partial charge in [-0.3, -0.25) is 0 Å². The Bertz CT molecular complexity index is 97.5. The zero-order chi connectivity index (χ0) is 5.28. The molecule has 0 saturated heterocycles. The third kappa shape index (κ3) is 0.629. The van der Waals surface area contributed by atoms with E-state index in [-0.39, 0.29) is 6.79 Å². The van der Waals surface area contributed by atoms with Crippen molar-refractivity contribution in [1.82, 2.24) is 0 Å². The fraction of sp³-hybridized carbons (Fsp3) is 0.333. The standard InChI is InChI=1S/C3H2F2O2/c4-2-3(5)7-1-6-2/h1H2. The zero-order valence-corrected chi connectivity index (χ0v) is 3.28. The van der Waals surface area contributed by atoms with Crippen LogP contribution in [0.1, 0.15) is 0 Å². The SMILES string of the molecule is FC1=C(F)OCO1. The topological polar surface area (TPSA) is 18.5 Å². The summed E-state index contributed by atoms with van der Waals surface area (Å²) >= 11 is 0. The number of ether oxygens (including phenoxy) is 2. The summed E-state index contributed by atoms with van der Waals surface area (Å²) in [6.07, 6.45) is 0. The molecule has 1 heterocycles. The van der Waals surface area contributed by atoms with Crippen molar-refractivity contribution >= 4 is 0 Å². The predicted molar refractivity (Wildman–Crippen MR) is 16.3 cm³/mol. The van der Waals surface area contributed by atoms with E-state index in [0.717, 1.165) is 0 Å². The maximum Gasteiger partial charge on any atom is 0.349 e. The smallest absolute Gasteiger partial charge is 0.349 e. The fourth-order valence-electron chi connectivity index (χ4n) is 0.246. The van der Waals surface area contributed by atoms with Gasteiger partial charge in [0.25, 0.3) is 0 Å². The predicted octanol–water partition coefficient (Wildman–Crippen LogP) is 1.06. The van der Waals surface area contributed by atoms with Gasteiger partial charge >= 0.3 is 12.0 Å². The van der Waals surface area contributed by atoms with Crippen LogP contribution in [0, 0.1) is 0 Å². The summed E-state index contributed by atoms with van der Waals surface area (Å²) in [5, 5.41) is 0. The van der Waals surface area contributed by atoms with Crippen LogP contribution in [-0.4, -0.2) is 6.79 Å². The largest absolute Gasteiger partial charge is 0.429 e. The molecule has 0 saturated carbocycles. The minimum Gasteiger partial charge on any atom is -0.429 e. The van der Waals surface area contributed by atoms with Gasteiger partial charge in [0.1, 0.15) is 0 Å². The van der Waals surface area contributed by atoms with Crippen molar-refractivity contribution in [1.29, 1.82) is 0 Å². The van der Waals surface area contributed by atoms with Gasteiger partial charge in [0.05, 0.1) is 0 Å². The zero-order valence-electron chi connectivity index (χ0n) is 3.28. The summed E-state index contributed by atoms with van der Waals surface area (Å²) in [5.41, 5.74) is 0. The molecule has 1 aliphatic rings. The first-order valence-electron chi connectivity index (χ1n) is 1.61. The van der Waals surface area contributed by atoms with Crippen molar-refractivity contribution in [2.75, 3.05) is 6.79 Å². The van der Waals surface area contributed by atoms with Crippen LogP contribution in [0.4, 0.5) is 8.78 Å². The van der Waals surface area contributed by atoms with E-state index in [0.29, 0.717) is 0 Å². The Balaban J connectivity index is 2.64. The van der Waals surface area contributed by atoms with Gasteiger partial charge in [0.15, 0.2) is 0 Å². The third-order valence-corrected chi connectivity index (χ3v) is 0.526. The molecule has 0 spiro atoms. The summed E-state index contributed by atoms with van der Waals surface area (Å²) < 4.78 is 30.7. The summed E-state index contributed by atoms with van der Waals surface area (Å²) in [4.78, 5) is 0. The van der Waals surface area contributed by atoms with Crippen LogP contribution in [0.15, 0.2) is 12.0 Å². The highest BCUT2D eigenvalue weighted by Crippen LogP contribution is 2.16. The normalized spacial score (nSPS) is 19.1. The van der Waals surface area contributed by atoms with Crippen LogP contribution >= 0.6 is 0 Å². The Morgan fingerprint density at radius 3 is 1.71 bits per heavy atom. The first-order valence-corrected chi connectivity index (χ1v) is 1.61. The maximum atomic E-state index is 11.5. The van der Waals surface area contributed by atoms with E-state index < -0.39 is 12.0 Å². The van der Waals surface area contributed by atoms with Crippen molar-refractivity contribution in [2.24, 2.45) is 0 Å². The second-order valence-electron chi connectivity index (χ2n) is 0.954. The van der Waals surface area contributed by atoms with Crippen LogP contribution in [0.2, 0.25) is 0 Å². The second kappa shape index (κ2) is 1.36. The van der Waals surface area contributed by atoms with Gasteiger partial charge in [-0.2, -0.15) is 8.78 Å². The number of rotatable bonds is 0. The van der Waals surface area contributed by atoms with Crippen LogP contribution in [0.25, 0.3) is 0 Å². The van der Waals surface area contributed by atoms with Crippen molar-refractivity contribution < 1.29 is 18.3 Å². The molecule has 0 unspecified atom stereocenters. The Hall–Kier alpha value is -0.800. The van der Waals surface area contributed by atoms with E-state index in [4.69, 9.17) is 0 Å². The minimum absolute atomic E-state index is 0.350. The molecule has 0 aromatic rings. The van der Waals surface area contributed by atoms with E-state index in [1.165, 1.54) is 0 Å². The molecule has 7 heavy (non-hydrogen) atoms. The third-order valence-electron chi connectivity index (χ3n) is 0.526. The van der Waals surface area contributed by atoms with Crippen LogP contribution in [0.3, 0.4) is 0 Å². The van der Waals surface area contributed by atoms with Crippen LogP contribution in [-0.2, 0) is 9.47 Å². The molecule has 0 aromatic heterocycles. The average Bonchev–Trinajstić information content (AvgIpc) is 1.91. The van der Waals surface area contributed by atoms with Crippen LogP contribution < -0.4 is 0 Å². The summed E-state index contributed by atoms with van der Waals surface area (Å²) in [5.74, 6) is 0. The van der Waals surface area contributed by atoms with Crippen LogP contribution in [0.5, 0.6) is 0 Å². The number of halogens is 2. The molecular formula is C3H2F2O2. The molecule has 2 nitrogen and oxygen atoms in total. The summed E-state index contributed by atoms with van der Waals surface area (Å²) in [7, 11) is 0. The molecule has 0 N–H and O–H groups in total. The minimum atomic E-state index is -1.26. The molecule has 1 aliphatic heterocycles. The molecule has 0 radical (unpaired) electrons. The highest BCUT2D eigenvalue weighted by Gasteiger charge is 2.15. The van der Waals surface area contributed by atoms with Gasteiger partial charge in [-0.1, -0.05) is 0 Å². The highest BCUT2D eigenvalue weighted by atomic mass is 19.2. The lowest BCUT2D eigenvalue weighted by molar-refractivity contribution is 0.0407. The Morgan fingerprint density at radius 1 is 1.14 bits per heavy atom. The Kier molecular flexibility index (Phi) is 0.850. The van der Waals surface area contributed by atoms with Gasteiger partial charge in [0, 0.05) is 0 Å². The van der Waals surface area contributed by atoms with Gasteiger partial charge in [0.2, 0.25) is 6.79 Å². The number of hydrogen-bond acceptors (Lipinski definition) is 2. The Morgan fingerprint density at radius 2 is 1.57 bits per heavy atom. The van der Waals surface area contributed by atoms with E-state index in [2.05, 4.69) is 9.47 Å². The monoisotopic (exact) mass is 108 g/mol. The van der Waals surface area contributed by atoms with E-state index in [1.54, 1.807) is 0 Å². The van der Waals surface area contributed by atoms with Crippen molar-refractivity contribution in [3.63, 3.8) is 0 Å². The molecule has 0 fully saturated rings. The van der Waals surface area contributed by atoms with Gasteiger partial charge in [-0.15, -0.1) is 0 Å². The Labute approximate surface area is 38.3 Å². The average molecular weight is 108 g/mol. The molecular weight excluding hydrogens is 106 g/mol. The molecule has 0 atom stereocenters. The molecule has 0 bridgehead atoms. The first-order chi connectivity index (χ1) is 3.30. The van der Waals surface area contributed by atoms with Crippen molar-refractivity contribution in [3.8, 4) is 0 Å². The lowest BCUT2D eigenvalue weighted by atomic mass is 11.0. The molecule has 1 rings (SSSR count). The van der Waals surface area contributed by atoms with Crippen molar-refractivity contribution in [3.05, 3.63) is 12.0 Å². The lowest BCUT2D eigenvalue weighted by Crippen LogP contribution is -1.79. The molecule has 4 heteroatoms. The van der Waals surface area contributed by atoms with E-state index in [1.807, 2.05) is 0 Å². The van der Waals surface area contributed by atoms with E-state index in [9.17, 15) is 8.78 Å².